The molecule has 3 unspecified atom stereocenters. The van der Waals surface area contributed by atoms with Crippen molar-refractivity contribution in [3.8, 4) is 0 Å². The van der Waals surface area contributed by atoms with Crippen LogP contribution in [0.4, 0.5) is 0 Å². The molecule has 0 aromatic rings. The van der Waals surface area contributed by atoms with E-state index in [9.17, 15) is 4.79 Å². The van der Waals surface area contributed by atoms with Gasteiger partial charge in [-0.2, -0.15) is 11.8 Å². The van der Waals surface area contributed by atoms with E-state index in [1.165, 1.54) is 7.11 Å². The van der Waals surface area contributed by atoms with Crippen LogP contribution in [0.5, 0.6) is 0 Å². The van der Waals surface area contributed by atoms with Crippen molar-refractivity contribution in [1.82, 2.24) is 5.32 Å². The van der Waals surface area contributed by atoms with Gasteiger partial charge in [0.1, 0.15) is 0 Å². The molecule has 0 spiro atoms. The summed E-state index contributed by atoms with van der Waals surface area (Å²) in [6.45, 7) is 7.07. The lowest BCUT2D eigenvalue weighted by Crippen LogP contribution is -2.37. The van der Waals surface area contributed by atoms with Crippen molar-refractivity contribution in [1.29, 1.82) is 0 Å². The first kappa shape index (κ1) is 14.8. The van der Waals surface area contributed by atoms with E-state index in [1.807, 2.05) is 25.6 Å². The van der Waals surface area contributed by atoms with Crippen LogP contribution in [0, 0.1) is 5.92 Å². The van der Waals surface area contributed by atoms with Crippen LogP contribution in [-0.4, -0.2) is 37.2 Å². The first-order chi connectivity index (χ1) is 7.02. The van der Waals surface area contributed by atoms with E-state index in [1.54, 1.807) is 0 Å². The molecule has 0 saturated heterocycles. The standard InChI is InChI=1S/C11H23NO2S/c1-8(15-5)6-7-12-10(3)9(2)11(13)14-4/h8-10,12H,6-7H2,1-5H3. The Hall–Kier alpha value is -0.220. The molecule has 0 fully saturated rings. The van der Waals surface area contributed by atoms with Gasteiger partial charge in [-0.3, -0.25) is 4.79 Å². The lowest BCUT2D eigenvalue weighted by molar-refractivity contribution is -0.145. The van der Waals surface area contributed by atoms with Crippen molar-refractivity contribution in [2.45, 2.75) is 38.5 Å². The van der Waals surface area contributed by atoms with E-state index in [0.29, 0.717) is 5.25 Å². The summed E-state index contributed by atoms with van der Waals surface area (Å²) in [4.78, 5) is 11.2. The number of hydrogen-bond acceptors (Lipinski definition) is 4. The van der Waals surface area contributed by atoms with Crippen molar-refractivity contribution in [2.24, 2.45) is 5.92 Å². The van der Waals surface area contributed by atoms with Gasteiger partial charge >= 0.3 is 5.97 Å². The number of hydrogen-bond donors (Lipinski definition) is 1. The van der Waals surface area contributed by atoms with Crippen LogP contribution in [-0.2, 0) is 9.53 Å². The topological polar surface area (TPSA) is 38.3 Å². The Morgan fingerprint density at radius 3 is 2.47 bits per heavy atom. The van der Waals surface area contributed by atoms with E-state index in [2.05, 4.69) is 18.5 Å². The molecular weight excluding hydrogens is 210 g/mol. The van der Waals surface area contributed by atoms with Crippen molar-refractivity contribution >= 4 is 17.7 Å². The molecule has 0 saturated carbocycles. The molecule has 0 rings (SSSR count). The third kappa shape index (κ3) is 6.05. The van der Waals surface area contributed by atoms with Crippen LogP contribution in [0.1, 0.15) is 27.2 Å². The number of methoxy groups -OCH3 is 1. The fourth-order valence-corrected chi connectivity index (χ4v) is 1.55. The highest BCUT2D eigenvalue weighted by Gasteiger charge is 2.19. The highest BCUT2D eigenvalue weighted by Crippen LogP contribution is 2.09. The van der Waals surface area contributed by atoms with E-state index in [-0.39, 0.29) is 17.9 Å². The Morgan fingerprint density at radius 1 is 1.40 bits per heavy atom. The van der Waals surface area contributed by atoms with Gasteiger partial charge in [0.2, 0.25) is 0 Å². The molecule has 0 aliphatic rings. The van der Waals surface area contributed by atoms with Crippen molar-refractivity contribution in [2.75, 3.05) is 19.9 Å². The predicted molar refractivity (Wildman–Crippen MR) is 66.2 cm³/mol. The number of ether oxygens (including phenoxy) is 1. The Morgan fingerprint density at radius 2 is 2.00 bits per heavy atom. The predicted octanol–water partition coefficient (Wildman–Crippen LogP) is 1.92. The zero-order valence-electron chi connectivity index (χ0n) is 10.4. The molecular formula is C11H23NO2S. The van der Waals surface area contributed by atoms with Crippen LogP contribution in [0.15, 0.2) is 0 Å². The quantitative estimate of drug-likeness (QED) is 0.682. The third-order valence-electron chi connectivity index (χ3n) is 2.74. The van der Waals surface area contributed by atoms with Crippen LogP contribution in [0.25, 0.3) is 0 Å². The minimum atomic E-state index is -0.145. The minimum absolute atomic E-state index is 0.0837. The lowest BCUT2D eigenvalue weighted by atomic mass is 10.0. The second-order valence-electron chi connectivity index (χ2n) is 3.89. The first-order valence-electron chi connectivity index (χ1n) is 5.36. The van der Waals surface area contributed by atoms with Crippen LogP contribution in [0.2, 0.25) is 0 Å². The fraction of sp³-hybridized carbons (Fsp3) is 0.909. The molecule has 90 valence electrons. The van der Waals surface area contributed by atoms with Crippen LogP contribution in [0.3, 0.4) is 0 Å². The summed E-state index contributed by atoms with van der Waals surface area (Å²) >= 11 is 1.86. The second kappa shape index (κ2) is 7.99. The van der Waals surface area contributed by atoms with E-state index >= 15 is 0 Å². The largest absolute Gasteiger partial charge is 0.469 e. The Labute approximate surface area is 97.3 Å². The molecule has 4 heteroatoms. The Balaban J connectivity index is 3.73. The van der Waals surface area contributed by atoms with Gasteiger partial charge in [-0.1, -0.05) is 13.8 Å². The summed E-state index contributed by atoms with van der Waals surface area (Å²) in [5, 5.41) is 4.01. The van der Waals surface area contributed by atoms with Gasteiger partial charge in [0, 0.05) is 11.3 Å². The van der Waals surface area contributed by atoms with Gasteiger partial charge < -0.3 is 10.1 Å². The first-order valence-corrected chi connectivity index (χ1v) is 6.65. The lowest BCUT2D eigenvalue weighted by Gasteiger charge is -2.20. The smallest absolute Gasteiger partial charge is 0.309 e. The van der Waals surface area contributed by atoms with Gasteiger partial charge in [-0.25, -0.2) is 0 Å². The Bertz CT molecular complexity index is 187. The summed E-state index contributed by atoms with van der Waals surface area (Å²) in [5.41, 5.74) is 0. The number of thioether (sulfide) groups is 1. The third-order valence-corrected chi connectivity index (χ3v) is 3.78. The number of carbonyl (C=O) groups is 1. The summed E-state index contributed by atoms with van der Waals surface area (Å²) in [5.74, 6) is -0.229. The normalized spacial score (nSPS) is 16.9. The Kier molecular flexibility index (Phi) is 7.88. The molecule has 0 bridgehead atoms. The highest BCUT2D eigenvalue weighted by atomic mass is 32.2. The van der Waals surface area contributed by atoms with Gasteiger partial charge in [0.15, 0.2) is 0 Å². The second-order valence-corrected chi connectivity index (χ2v) is 5.17. The SMILES string of the molecule is COC(=O)C(C)C(C)NCCC(C)SC. The highest BCUT2D eigenvalue weighted by molar-refractivity contribution is 7.99. The van der Waals surface area contributed by atoms with Crippen molar-refractivity contribution in [3.63, 3.8) is 0 Å². The molecule has 15 heavy (non-hydrogen) atoms. The maximum atomic E-state index is 11.2. The molecule has 3 nitrogen and oxygen atoms in total. The maximum absolute atomic E-state index is 11.2. The minimum Gasteiger partial charge on any atom is -0.469 e. The summed E-state index contributed by atoms with van der Waals surface area (Å²) in [6, 6.07) is 0.173. The number of esters is 1. The molecule has 0 aliphatic carbocycles. The number of carbonyl (C=O) groups excluding carboxylic acids is 1. The van der Waals surface area contributed by atoms with E-state index in [4.69, 9.17) is 4.74 Å². The number of nitrogens with one attached hydrogen (secondary N) is 1. The molecule has 3 atom stereocenters. The molecule has 0 amide bonds. The zero-order valence-corrected chi connectivity index (χ0v) is 11.2. The van der Waals surface area contributed by atoms with E-state index in [0.717, 1.165) is 13.0 Å². The summed E-state index contributed by atoms with van der Waals surface area (Å²) in [6.07, 6.45) is 3.24. The van der Waals surface area contributed by atoms with Gasteiger partial charge in [0.25, 0.3) is 0 Å². The van der Waals surface area contributed by atoms with Crippen molar-refractivity contribution in [3.05, 3.63) is 0 Å². The fourth-order valence-electron chi connectivity index (χ4n) is 1.20. The molecule has 0 radical (unpaired) electrons. The van der Waals surface area contributed by atoms with Crippen LogP contribution >= 0.6 is 11.8 Å². The maximum Gasteiger partial charge on any atom is 0.309 e. The molecule has 0 heterocycles. The molecule has 0 aromatic heterocycles. The summed E-state index contributed by atoms with van der Waals surface area (Å²) in [7, 11) is 1.43. The zero-order chi connectivity index (χ0) is 11.8. The number of rotatable bonds is 7. The molecule has 0 aliphatic heterocycles. The van der Waals surface area contributed by atoms with Gasteiger partial charge in [-0.05, 0) is 26.1 Å². The molecule has 1 N–H and O–H groups in total. The van der Waals surface area contributed by atoms with Gasteiger partial charge in [0.05, 0.1) is 13.0 Å². The summed E-state index contributed by atoms with van der Waals surface area (Å²) < 4.78 is 4.70. The van der Waals surface area contributed by atoms with Gasteiger partial charge in [-0.15, -0.1) is 0 Å². The van der Waals surface area contributed by atoms with Crippen LogP contribution < -0.4 is 5.32 Å². The van der Waals surface area contributed by atoms with Crippen molar-refractivity contribution < 1.29 is 9.53 Å². The average Bonchev–Trinajstić information content (AvgIpc) is 2.26. The molecule has 0 aromatic carbocycles. The van der Waals surface area contributed by atoms with E-state index < -0.39 is 0 Å². The average molecular weight is 233 g/mol. The monoisotopic (exact) mass is 233 g/mol.